The quantitative estimate of drug-likeness (QED) is 0.876. The molecule has 0 amide bonds. The highest BCUT2D eigenvalue weighted by Crippen LogP contribution is 2.31. The van der Waals surface area contributed by atoms with Gasteiger partial charge in [0.15, 0.2) is 5.78 Å². The molecular weight excluding hydrogens is 276 g/mol. The zero-order valence-electron chi connectivity index (χ0n) is 10.6. The predicted molar refractivity (Wildman–Crippen MR) is 74.8 cm³/mol. The number of nitrogens with zero attached hydrogens (tertiary/aromatic N) is 2. The van der Waals surface area contributed by atoms with Crippen molar-refractivity contribution in [2.75, 3.05) is 0 Å². The fraction of sp³-hybridized carbons (Fsp3) is 0.214. The number of thiophene rings is 1. The van der Waals surface area contributed by atoms with Gasteiger partial charge in [-0.15, -0.1) is 11.3 Å². The molecule has 102 valence electrons. The highest BCUT2D eigenvalue weighted by Gasteiger charge is 2.20. The van der Waals surface area contributed by atoms with Gasteiger partial charge in [0.2, 0.25) is 0 Å². The molecule has 0 aliphatic heterocycles. The van der Waals surface area contributed by atoms with Crippen LogP contribution in [0.5, 0.6) is 0 Å². The van der Waals surface area contributed by atoms with E-state index in [-0.39, 0.29) is 12.3 Å². The second-order valence-corrected chi connectivity index (χ2v) is 5.72. The van der Waals surface area contributed by atoms with Crippen LogP contribution in [-0.2, 0) is 17.8 Å². The summed E-state index contributed by atoms with van der Waals surface area (Å²) >= 11 is 1.36. The third kappa shape index (κ3) is 2.42. The minimum atomic E-state index is -0.879. The van der Waals surface area contributed by atoms with Crippen molar-refractivity contribution in [1.82, 2.24) is 9.55 Å². The number of Topliss-reactive ketones (excluding diaryl/α,β-unsaturated/α-hetero) is 1. The number of fused-ring (bicyclic) bond motifs is 1. The van der Waals surface area contributed by atoms with Gasteiger partial charge < -0.3 is 9.67 Å². The van der Waals surface area contributed by atoms with Crippen molar-refractivity contribution < 1.29 is 14.7 Å². The van der Waals surface area contributed by atoms with Gasteiger partial charge in [0.25, 0.3) is 0 Å². The van der Waals surface area contributed by atoms with E-state index >= 15 is 0 Å². The zero-order chi connectivity index (χ0) is 14.1. The topological polar surface area (TPSA) is 72.2 Å². The van der Waals surface area contributed by atoms with Crippen LogP contribution in [0.4, 0.5) is 0 Å². The van der Waals surface area contributed by atoms with Crippen LogP contribution in [-0.4, -0.2) is 26.4 Å². The van der Waals surface area contributed by atoms with E-state index in [9.17, 15) is 9.59 Å². The molecule has 0 saturated carbocycles. The van der Waals surface area contributed by atoms with Crippen LogP contribution in [0, 0.1) is 0 Å². The second-order valence-electron chi connectivity index (χ2n) is 4.63. The maximum absolute atomic E-state index is 12.2. The molecule has 0 spiro atoms. The maximum Gasteiger partial charge on any atom is 0.331 e. The van der Waals surface area contributed by atoms with E-state index in [4.69, 9.17) is 5.11 Å². The number of carboxylic acid groups (broad SMARTS) is 1. The van der Waals surface area contributed by atoms with Crippen molar-refractivity contribution in [2.45, 2.75) is 19.4 Å². The summed E-state index contributed by atoms with van der Waals surface area (Å²) in [5.74, 6) is -0.858. The van der Waals surface area contributed by atoms with Crippen LogP contribution in [0.2, 0.25) is 0 Å². The Hall–Kier alpha value is -2.21. The SMILES string of the molecule is O=C(O)C1=Cc2sc(C(=O)Cn3ccnc3)cc2CC1. The van der Waals surface area contributed by atoms with Gasteiger partial charge in [-0.25, -0.2) is 9.78 Å². The lowest BCUT2D eigenvalue weighted by atomic mass is 9.98. The Morgan fingerprint density at radius 3 is 2.95 bits per heavy atom. The molecule has 0 bridgehead atoms. The first-order valence-electron chi connectivity index (χ1n) is 6.19. The molecule has 0 radical (unpaired) electrons. The molecule has 1 aliphatic carbocycles. The van der Waals surface area contributed by atoms with E-state index in [1.165, 1.54) is 11.3 Å². The number of imidazole rings is 1. The lowest BCUT2D eigenvalue weighted by Crippen LogP contribution is -2.07. The van der Waals surface area contributed by atoms with Crippen LogP contribution in [0.1, 0.15) is 26.5 Å². The Bertz CT molecular complexity index is 698. The average Bonchev–Trinajstić information content (AvgIpc) is 3.05. The molecular formula is C14H12N2O3S. The van der Waals surface area contributed by atoms with Gasteiger partial charge in [0.1, 0.15) is 0 Å². The molecule has 2 heterocycles. The monoisotopic (exact) mass is 288 g/mol. The molecule has 2 aromatic rings. The van der Waals surface area contributed by atoms with Crippen molar-refractivity contribution in [2.24, 2.45) is 0 Å². The molecule has 0 aromatic carbocycles. The molecule has 1 N–H and O–H groups in total. The first-order chi connectivity index (χ1) is 9.63. The fourth-order valence-corrected chi connectivity index (χ4v) is 3.30. The third-order valence-electron chi connectivity index (χ3n) is 3.25. The lowest BCUT2D eigenvalue weighted by Gasteiger charge is -2.08. The van der Waals surface area contributed by atoms with Gasteiger partial charge in [-0.1, -0.05) is 0 Å². The molecule has 6 heteroatoms. The summed E-state index contributed by atoms with van der Waals surface area (Å²) in [6.07, 6.45) is 7.87. The Morgan fingerprint density at radius 2 is 2.25 bits per heavy atom. The van der Waals surface area contributed by atoms with Crippen LogP contribution in [0.3, 0.4) is 0 Å². The summed E-state index contributed by atoms with van der Waals surface area (Å²) in [6, 6.07) is 1.88. The third-order valence-corrected chi connectivity index (χ3v) is 4.41. The van der Waals surface area contributed by atoms with Crippen LogP contribution < -0.4 is 0 Å². The summed E-state index contributed by atoms with van der Waals surface area (Å²) in [5, 5.41) is 9.01. The number of aliphatic carboxylic acids is 1. The van der Waals surface area contributed by atoms with Gasteiger partial charge >= 0.3 is 5.97 Å². The maximum atomic E-state index is 12.2. The first kappa shape index (κ1) is 12.8. The highest BCUT2D eigenvalue weighted by molar-refractivity contribution is 7.15. The number of carbonyl (C=O) groups excluding carboxylic acids is 1. The first-order valence-corrected chi connectivity index (χ1v) is 7.00. The fourth-order valence-electron chi connectivity index (χ4n) is 2.19. The summed E-state index contributed by atoms with van der Waals surface area (Å²) in [5.41, 5.74) is 1.47. The minimum Gasteiger partial charge on any atom is -0.478 e. The Kier molecular flexibility index (Phi) is 3.23. The summed E-state index contributed by atoms with van der Waals surface area (Å²) in [4.78, 5) is 28.6. The van der Waals surface area contributed by atoms with E-state index < -0.39 is 5.97 Å². The lowest BCUT2D eigenvalue weighted by molar-refractivity contribution is -0.132. The number of carbonyl (C=O) groups is 2. The Morgan fingerprint density at radius 1 is 1.40 bits per heavy atom. The van der Waals surface area contributed by atoms with Crippen molar-refractivity contribution in [3.63, 3.8) is 0 Å². The number of rotatable bonds is 4. The summed E-state index contributed by atoms with van der Waals surface area (Å²) in [7, 11) is 0. The van der Waals surface area contributed by atoms with Crippen LogP contribution >= 0.6 is 11.3 Å². The van der Waals surface area contributed by atoms with Gasteiger partial charge in [-0.2, -0.15) is 0 Å². The van der Waals surface area contributed by atoms with Crippen molar-refractivity contribution in [1.29, 1.82) is 0 Å². The van der Waals surface area contributed by atoms with Crippen LogP contribution in [0.15, 0.2) is 30.4 Å². The van der Waals surface area contributed by atoms with Crippen LogP contribution in [0.25, 0.3) is 6.08 Å². The number of aromatic nitrogens is 2. The summed E-state index contributed by atoms with van der Waals surface area (Å²) < 4.78 is 1.72. The molecule has 20 heavy (non-hydrogen) atoms. The summed E-state index contributed by atoms with van der Waals surface area (Å²) in [6.45, 7) is 0.259. The molecule has 0 unspecified atom stereocenters. The number of hydrogen-bond acceptors (Lipinski definition) is 4. The van der Waals surface area contributed by atoms with E-state index in [0.717, 1.165) is 10.4 Å². The van der Waals surface area contributed by atoms with Crippen molar-refractivity contribution in [3.05, 3.63) is 45.7 Å². The van der Waals surface area contributed by atoms with E-state index in [1.807, 2.05) is 6.07 Å². The number of ketones is 1. The second kappa shape index (κ2) is 5.05. The molecule has 0 atom stereocenters. The molecule has 1 aliphatic rings. The van der Waals surface area contributed by atoms with E-state index in [0.29, 0.717) is 23.3 Å². The Labute approximate surface area is 119 Å². The van der Waals surface area contributed by atoms with Gasteiger partial charge in [-0.3, -0.25) is 4.79 Å². The van der Waals surface area contributed by atoms with Crippen molar-refractivity contribution in [3.8, 4) is 0 Å². The van der Waals surface area contributed by atoms with Gasteiger partial charge in [0, 0.05) is 22.8 Å². The number of carboxylic acids is 1. The largest absolute Gasteiger partial charge is 0.478 e. The van der Waals surface area contributed by atoms with E-state index in [2.05, 4.69) is 4.98 Å². The highest BCUT2D eigenvalue weighted by atomic mass is 32.1. The molecule has 0 saturated heterocycles. The molecule has 5 nitrogen and oxygen atoms in total. The molecule has 3 rings (SSSR count). The van der Waals surface area contributed by atoms with Crippen molar-refractivity contribution >= 4 is 29.2 Å². The van der Waals surface area contributed by atoms with E-state index in [1.54, 1.807) is 29.4 Å². The Balaban J connectivity index is 1.84. The number of aryl methyl sites for hydroxylation is 1. The standard InChI is InChI=1S/C14H12N2O3S/c17-11(7-16-4-3-15-8-16)13-5-9-1-2-10(14(18)19)6-12(9)20-13/h3-6,8H,1-2,7H2,(H,18,19). The molecule has 0 fully saturated rings. The smallest absolute Gasteiger partial charge is 0.331 e. The molecule has 2 aromatic heterocycles. The zero-order valence-corrected chi connectivity index (χ0v) is 11.4. The minimum absolute atomic E-state index is 0.0210. The normalized spacial score (nSPS) is 13.7. The number of hydrogen-bond donors (Lipinski definition) is 1. The predicted octanol–water partition coefficient (Wildman–Crippen LogP) is 2.24. The van der Waals surface area contributed by atoms with Gasteiger partial charge in [-0.05, 0) is 30.5 Å². The average molecular weight is 288 g/mol. The van der Waals surface area contributed by atoms with Gasteiger partial charge in [0.05, 0.1) is 17.7 Å².